The second-order valence-electron chi connectivity index (χ2n) is 8.09. The fraction of sp³-hybridized carbons (Fsp3) is 0.360. The molecule has 0 fully saturated rings. The van der Waals surface area contributed by atoms with Crippen LogP contribution in [0.3, 0.4) is 0 Å². The smallest absolute Gasteiger partial charge is 0.411 e. The van der Waals surface area contributed by atoms with E-state index in [0.717, 1.165) is 18.5 Å². The van der Waals surface area contributed by atoms with E-state index in [1.165, 1.54) is 5.01 Å². The van der Waals surface area contributed by atoms with E-state index in [1.807, 2.05) is 43.3 Å². The highest BCUT2D eigenvalue weighted by molar-refractivity contribution is 5.96. The number of hydrogen-bond acceptors (Lipinski definition) is 7. The minimum absolute atomic E-state index is 0. The zero-order valence-corrected chi connectivity index (χ0v) is 21.3. The highest BCUT2D eigenvalue weighted by Crippen LogP contribution is 2.32. The van der Waals surface area contributed by atoms with E-state index in [2.05, 4.69) is 10.7 Å². The van der Waals surface area contributed by atoms with E-state index in [-0.39, 0.29) is 24.4 Å². The Balaban J connectivity index is 0.00000432. The van der Waals surface area contributed by atoms with Gasteiger partial charge in [-0.15, -0.1) is 12.4 Å². The van der Waals surface area contributed by atoms with Crippen molar-refractivity contribution in [3.8, 4) is 11.5 Å². The average molecular weight is 505 g/mol. The number of hydrogen-bond donors (Lipinski definition) is 2. The summed E-state index contributed by atoms with van der Waals surface area (Å²) in [6.07, 6.45) is 4.54. The molecular formula is C25H33ClN4O5. The Kier molecular flexibility index (Phi) is 10.8. The number of hydrazine groups is 1. The van der Waals surface area contributed by atoms with Crippen LogP contribution >= 0.6 is 12.4 Å². The summed E-state index contributed by atoms with van der Waals surface area (Å²) < 4.78 is 15.9. The van der Waals surface area contributed by atoms with E-state index in [0.29, 0.717) is 35.8 Å². The number of rotatable bonds is 9. The van der Waals surface area contributed by atoms with Crippen LogP contribution < -0.4 is 20.2 Å². The first-order chi connectivity index (χ1) is 16.4. The van der Waals surface area contributed by atoms with Gasteiger partial charge in [-0.1, -0.05) is 18.2 Å². The van der Waals surface area contributed by atoms with Gasteiger partial charge in [-0.2, -0.15) is 0 Å². The predicted molar refractivity (Wildman–Crippen MR) is 137 cm³/mol. The molecule has 0 bridgehead atoms. The molecule has 0 aliphatic carbocycles. The van der Waals surface area contributed by atoms with Gasteiger partial charge >= 0.3 is 6.09 Å². The molecule has 1 unspecified atom stereocenters. The number of anilines is 1. The van der Waals surface area contributed by atoms with Crippen molar-refractivity contribution >= 4 is 30.1 Å². The summed E-state index contributed by atoms with van der Waals surface area (Å²) >= 11 is 0. The first kappa shape index (κ1) is 28.0. The largest absolute Gasteiger partial charge is 0.493 e. The fourth-order valence-electron chi connectivity index (χ4n) is 3.54. The fourth-order valence-corrected chi connectivity index (χ4v) is 3.54. The van der Waals surface area contributed by atoms with E-state index in [4.69, 9.17) is 14.2 Å². The van der Waals surface area contributed by atoms with Crippen molar-refractivity contribution in [2.45, 2.75) is 18.9 Å². The molecule has 2 amide bonds. The minimum Gasteiger partial charge on any atom is -0.493 e. The minimum atomic E-state index is -0.548. The quantitative estimate of drug-likeness (QED) is 0.493. The molecule has 0 saturated carbocycles. The number of carbonyl (C=O) groups excluding carboxylic acids is 2. The van der Waals surface area contributed by atoms with Gasteiger partial charge < -0.3 is 19.1 Å². The normalized spacial score (nSPS) is 14.8. The molecule has 0 radical (unpaired) electrons. The summed E-state index contributed by atoms with van der Waals surface area (Å²) in [4.78, 5) is 27.2. The van der Waals surface area contributed by atoms with Gasteiger partial charge in [0.1, 0.15) is 0 Å². The topological polar surface area (TPSA) is 92.4 Å². The van der Waals surface area contributed by atoms with Crippen LogP contribution in [0, 0.1) is 0 Å². The lowest BCUT2D eigenvalue weighted by atomic mass is 10.0. The van der Waals surface area contributed by atoms with Crippen molar-refractivity contribution in [2.24, 2.45) is 0 Å². The Labute approximate surface area is 212 Å². The van der Waals surface area contributed by atoms with Crippen molar-refractivity contribution in [2.75, 3.05) is 46.8 Å². The number of nitrogens with one attached hydrogen (secondary N) is 2. The molecule has 2 aromatic carbocycles. The van der Waals surface area contributed by atoms with E-state index in [1.54, 1.807) is 44.7 Å². The van der Waals surface area contributed by atoms with Crippen LogP contribution in [0.2, 0.25) is 0 Å². The van der Waals surface area contributed by atoms with Crippen molar-refractivity contribution in [1.29, 1.82) is 0 Å². The monoisotopic (exact) mass is 504 g/mol. The molecule has 0 spiro atoms. The van der Waals surface area contributed by atoms with Crippen LogP contribution in [0.1, 0.15) is 34.8 Å². The summed E-state index contributed by atoms with van der Waals surface area (Å²) in [5, 5.41) is 4.12. The van der Waals surface area contributed by atoms with Crippen molar-refractivity contribution in [1.82, 2.24) is 15.3 Å². The SMILES string of the molecule is COc1ccc(C2CC=CN(C(=O)c3cccc(NC(=O)OCCCN(C)C)c3)N2)cc1OC.Cl. The summed E-state index contributed by atoms with van der Waals surface area (Å²) in [5.74, 6) is 1.03. The first-order valence-electron chi connectivity index (χ1n) is 11.1. The highest BCUT2D eigenvalue weighted by atomic mass is 35.5. The number of nitrogens with zero attached hydrogens (tertiary/aromatic N) is 2. The Morgan fingerprint density at radius 2 is 1.89 bits per heavy atom. The maximum atomic E-state index is 13.1. The molecule has 35 heavy (non-hydrogen) atoms. The molecule has 1 aliphatic rings. The summed E-state index contributed by atoms with van der Waals surface area (Å²) in [7, 11) is 7.11. The van der Waals surface area contributed by atoms with E-state index >= 15 is 0 Å². The first-order valence-corrected chi connectivity index (χ1v) is 11.1. The number of amides is 2. The van der Waals surface area contributed by atoms with E-state index in [9.17, 15) is 9.59 Å². The average Bonchev–Trinajstić information content (AvgIpc) is 2.85. The third kappa shape index (κ3) is 7.88. The van der Waals surface area contributed by atoms with Gasteiger partial charge in [-0.25, -0.2) is 15.2 Å². The van der Waals surface area contributed by atoms with Crippen LogP contribution in [-0.2, 0) is 4.74 Å². The third-order valence-electron chi connectivity index (χ3n) is 5.29. The second kappa shape index (κ2) is 13.6. The van der Waals surface area contributed by atoms with Gasteiger partial charge in [-0.05, 0) is 62.8 Å². The standard InChI is InChI=1S/C25H32N4O5.ClH/c1-28(2)13-7-15-34-25(31)26-20-9-5-8-19(16-20)24(30)29-14-6-10-21(27-29)18-11-12-22(32-3)23(17-18)33-4;/h5-6,8-9,11-12,14,16-17,21,27H,7,10,13,15H2,1-4H3,(H,26,31);1H. The third-order valence-corrected chi connectivity index (χ3v) is 5.29. The van der Waals surface area contributed by atoms with E-state index < -0.39 is 6.09 Å². The molecule has 2 aromatic rings. The van der Waals surface area contributed by atoms with Crippen molar-refractivity contribution < 1.29 is 23.8 Å². The summed E-state index contributed by atoms with van der Waals surface area (Å²) in [6.45, 7) is 1.15. The number of ether oxygens (including phenoxy) is 3. The molecule has 2 N–H and O–H groups in total. The van der Waals surface area contributed by atoms with Crippen LogP contribution in [0.15, 0.2) is 54.7 Å². The maximum absolute atomic E-state index is 13.1. The Bertz CT molecular complexity index is 1030. The number of halogens is 1. The second-order valence-corrected chi connectivity index (χ2v) is 8.09. The van der Waals surface area contributed by atoms with Crippen LogP contribution in [0.5, 0.6) is 11.5 Å². The van der Waals surface area contributed by atoms with Gasteiger partial charge in [0.05, 0.1) is 26.9 Å². The van der Waals surface area contributed by atoms with Gasteiger partial charge in [0, 0.05) is 24.0 Å². The van der Waals surface area contributed by atoms with Crippen molar-refractivity contribution in [3.63, 3.8) is 0 Å². The summed E-state index contributed by atoms with van der Waals surface area (Å²) in [6, 6.07) is 12.3. The summed E-state index contributed by atoms with van der Waals surface area (Å²) in [5.41, 5.74) is 5.12. The number of methoxy groups -OCH3 is 2. The Morgan fingerprint density at radius 1 is 1.11 bits per heavy atom. The van der Waals surface area contributed by atoms with Crippen LogP contribution in [0.4, 0.5) is 10.5 Å². The lowest BCUT2D eigenvalue weighted by Gasteiger charge is -2.30. The molecule has 1 atom stereocenters. The Morgan fingerprint density at radius 3 is 2.60 bits per heavy atom. The molecule has 10 heteroatoms. The molecule has 3 rings (SSSR count). The van der Waals surface area contributed by atoms with Gasteiger partial charge in [0.15, 0.2) is 11.5 Å². The lowest BCUT2D eigenvalue weighted by Crippen LogP contribution is -2.43. The zero-order valence-electron chi connectivity index (χ0n) is 20.4. The predicted octanol–water partition coefficient (Wildman–Crippen LogP) is 4.23. The molecule has 0 aromatic heterocycles. The molecule has 9 nitrogen and oxygen atoms in total. The maximum Gasteiger partial charge on any atom is 0.411 e. The Hall–Kier alpha value is -3.27. The van der Waals surface area contributed by atoms with Crippen LogP contribution in [-0.4, -0.2) is 63.4 Å². The lowest BCUT2D eigenvalue weighted by molar-refractivity contribution is 0.0713. The molecule has 0 saturated heterocycles. The number of carbonyl (C=O) groups is 2. The molecule has 1 heterocycles. The van der Waals surface area contributed by atoms with Gasteiger partial charge in [0.2, 0.25) is 0 Å². The van der Waals surface area contributed by atoms with Crippen molar-refractivity contribution in [3.05, 3.63) is 65.9 Å². The number of benzene rings is 2. The highest BCUT2D eigenvalue weighted by Gasteiger charge is 2.23. The van der Waals surface area contributed by atoms with Gasteiger partial charge in [0.25, 0.3) is 5.91 Å². The zero-order chi connectivity index (χ0) is 24.5. The van der Waals surface area contributed by atoms with Crippen LogP contribution in [0.25, 0.3) is 0 Å². The molecular weight excluding hydrogens is 472 g/mol. The van der Waals surface area contributed by atoms with Gasteiger partial charge in [-0.3, -0.25) is 10.1 Å². The molecule has 190 valence electrons. The molecule has 1 aliphatic heterocycles.